The number of aliphatic hydroxyl groups excluding tert-OH is 1. The Morgan fingerprint density at radius 2 is 2.12 bits per heavy atom. The van der Waals surface area contributed by atoms with Crippen molar-refractivity contribution in [2.24, 2.45) is 0 Å². The summed E-state index contributed by atoms with van der Waals surface area (Å²) in [7, 11) is 1.59. The number of carbonyl (C=O) groups is 1. The highest BCUT2D eigenvalue weighted by molar-refractivity contribution is 5.70. The van der Waals surface area contributed by atoms with Gasteiger partial charge in [-0.1, -0.05) is 12.1 Å². The SMILES string of the molecule is COc1ccc([C@@H]2NC(=O)O[C@@H]2CO)cc1. The smallest absolute Gasteiger partial charge is 0.408 e. The van der Waals surface area contributed by atoms with Crippen molar-refractivity contribution in [1.29, 1.82) is 0 Å². The molecule has 1 aromatic carbocycles. The van der Waals surface area contributed by atoms with Gasteiger partial charge in [0.1, 0.15) is 5.75 Å². The van der Waals surface area contributed by atoms with Crippen LogP contribution in [0.25, 0.3) is 0 Å². The molecule has 5 nitrogen and oxygen atoms in total. The summed E-state index contributed by atoms with van der Waals surface area (Å²) in [4.78, 5) is 11.1. The van der Waals surface area contributed by atoms with Crippen molar-refractivity contribution in [2.45, 2.75) is 12.1 Å². The summed E-state index contributed by atoms with van der Waals surface area (Å²) in [6, 6.07) is 6.97. The molecule has 1 aliphatic rings. The highest BCUT2D eigenvalue weighted by Gasteiger charge is 2.34. The van der Waals surface area contributed by atoms with Crippen molar-refractivity contribution in [2.75, 3.05) is 13.7 Å². The number of cyclic esters (lactones) is 1. The van der Waals surface area contributed by atoms with Crippen LogP contribution in [0, 0.1) is 0 Å². The first-order valence-electron chi connectivity index (χ1n) is 4.96. The van der Waals surface area contributed by atoms with E-state index in [9.17, 15) is 4.79 Å². The van der Waals surface area contributed by atoms with Gasteiger partial charge in [0.2, 0.25) is 0 Å². The standard InChI is InChI=1S/C11H13NO4/c1-15-8-4-2-7(3-5-8)10-9(6-13)16-11(14)12-10/h2-5,9-10,13H,6H2,1H3,(H,12,14)/t9-,10+/m1/s1. The molecule has 5 heteroatoms. The fraction of sp³-hybridized carbons (Fsp3) is 0.364. The highest BCUT2D eigenvalue weighted by Crippen LogP contribution is 2.25. The monoisotopic (exact) mass is 223 g/mol. The third-order valence-electron chi connectivity index (χ3n) is 2.56. The molecule has 1 aromatic rings. The number of rotatable bonds is 3. The number of alkyl carbamates (subject to hydrolysis) is 1. The largest absolute Gasteiger partial charge is 0.497 e. The number of hydrogen-bond acceptors (Lipinski definition) is 4. The molecular formula is C11H13NO4. The summed E-state index contributed by atoms with van der Waals surface area (Å²) < 4.78 is 9.94. The molecule has 1 heterocycles. The lowest BCUT2D eigenvalue weighted by Crippen LogP contribution is -2.24. The van der Waals surface area contributed by atoms with Crippen molar-refractivity contribution in [3.8, 4) is 5.75 Å². The Labute approximate surface area is 93.0 Å². The third kappa shape index (κ3) is 1.94. The van der Waals surface area contributed by atoms with Crippen molar-refractivity contribution in [1.82, 2.24) is 5.32 Å². The number of hydrogen-bond donors (Lipinski definition) is 2. The molecule has 1 fully saturated rings. The Hall–Kier alpha value is -1.75. The van der Waals surface area contributed by atoms with Crippen LogP contribution in [0.2, 0.25) is 0 Å². The molecule has 2 N–H and O–H groups in total. The predicted octanol–water partition coefficient (Wildman–Crippen LogP) is 0.837. The molecule has 0 aromatic heterocycles. The van der Waals surface area contributed by atoms with Gasteiger partial charge in [0.05, 0.1) is 19.8 Å². The Kier molecular flexibility index (Phi) is 2.96. The van der Waals surface area contributed by atoms with Crippen LogP contribution in [0.5, 0.6) is 5.75 Å². The minimum Gasteiger partial charge on any atom is -0.497 e. The maximum absolute atomic E-state index is 11.1. The average molecular weight is 223 g/mol. The topological polar surface area (TPSA) is 67.8 Å². The van der Waals surface area contributed by atoms with Gasteiger partial charge in [-0.15, -0.1) is 0 Å². The number of benzene rings is 1. The summed E-state index contributed by atoms with van der Waals surface area (Å²) >= 11 is 0. The van der Waals surface area contributed by atoms with E-state index in [4.69, 9.17) is 14.6 Å². The number of carbonyl (C=O) groups excluding carboxylic acids is 1. The number of ether oxygens (including phenoxy) is 2. The zero-order chi connectivity index (χ0) is 11.5. The van der Waals surface area contributed by atoms with Gasteiger partial charge < -0.3 is 19.9 Å². The highest BCUT2D eigenvalue weighted by atomic mass is 16.6. The Morgan fingerprint density at radius 1 is 1.44 bits per heavy atom. The first-order chi connectivity index (χ1) is 7.74. The fourth-order valence-corrected chi connectivity index (χ4v) is 1.71. The minimum absolute atomic E-state index is 0.199. The van der Waals surface area contributed by atoms with Crippen LogP contribution >= 0.6 is 0 Å². The molecule has 0 spiro atoms. The molecule has 0 saturated carbocycles. The maximum Gasteiger partial charge on any atom is 0.408 e. The van der Waals surface area contributed by atoms with Crippen LogP contribution < -0.4 is 10.1 Å². The molecule has 16 heavy (non-hydrogen) atoms. The van der Waals surface area contributed by atoms with Crippen molar-refractivity contribution in [3.05, 3.63) is 29.8 Å². The Bertz CT molecular complexity index is 376. The van der Waals surface area contributed by atoms with Gasteiger partial charge in [-0.05, 0) is 17.7 Å². The number of aliphatic hydroxyl groups is 1. The molecule has 2 atom stereocenters. The molecule has 1 saturated heterocycles. The van der Waals surface area contributed by atoms with E-state index < -0.39 is 12.2 Å². The van der Waals surface area contributed by atoms with E-state index in [0.29, 0.717) is 0 Å². The van der Waals surface area contributed by atoms with Gasteiger partial charge in [0.25, 0.3) is 0 Å². The second-order valence-electron chi connectivity index (χ2n) is 3.52. The normalized spacial score (nSPS) is 23.8. The molecule has 0 aliphatic carbocycles. The van der Waals surface area contributed by atoms with E-state index in [-0.39, 0.29) is 12.6 Å². The molecule has 0 radical (unpaired) electrons. The first kappa shape index (κ1) is 10.8. The Morgan fingerprint density at radius 3 is 2.69 bits per heavy atom. The number of methoxy groups -OCH3 is 1. The summed E-state index contributed by atoms with van der Waals surface area (Å²) in [5.74, 6) is 0.745. The summed E-state index contributed by atoms with van der Waals surface area (Å²) in [5.41, 5.74) is 0.880. The van der Waals surface area contributed by atoms with Crippen LogP contribution in [0.15, 0.2) is 24.3 Å². The summed E-state index contributed by atoms with van der Waals surface area (Å²) in [6.45, 7) is -0.199. The lowest BCUT2D eigenvalue weighted by Gasteiger charge is -2.15. The van der Waals surface area contributed by atoms with Gasteiger partial charge in [-0.3, -0.25) is 0 Å². The second kappa shape index (κ2) is 4.40. The zero-order valence-corrected chi connectivity index (χ0v) is 8.84. The second-order valence-corrected chi connectivity index (χ2v) is 3.52. The van der Waals surface area contributed by atoms with Crippen LogP contribution in [-0.4, -0.2) is 31.0 Å². The third-order valence-corrected chi connectivity index (χ3v) is 2.56. The quantitative estimate of drug-likeness (QED) is 0.796. The first-order valence-corrected chi connectivity index (χ1v) is 4.96. The maximum atomic E-state index is 11.1. The van der Waals surface area contributed by atoms with Crippen molar-refractivity contribution < 1.29 is 19.4 Å². The van der Waals surface area contributed by atoms with E-state index in [2.05, 4.69) is 5.32 Å². The zero-order valence-electron chi connectivity index (χ0n) is 8.84. The summed E-state index contributed by atoms with van der Waals surface area (Å²) in [5, 5.41) is 11.7. The Balaban J connectivity index is 2.19. The molecular weight excluding hydrogens is 210 g/mol. The average Bonchev–Trinajstić information content (AvgIpc) is 2.70. The minimum atomic E-state index is -0.527. The van der Waals surface area contributed by atoms with Crippen LogP contribution in [0.4, 0.5) is 4.79 Å². The van der Waals surface area contributed by atoms with E-state index in [1.807, 2.05) is 12.1 Å². The van der Waals surface area contributed by atoms with Crippen LogP contribution in [0.3, 0.4) is 0 Å². The van der Waals surface area contributed by atoms with Gasteiger partial charge in [0.15, 0.2) is 6.10 Å². The molecule has 1 aliphatic heterocycles. The van der Waals surface area contributed by atoms with Gasteiger partial charge in [0, 0.05) is 0 Å². The number of amides is 1. The van der Waals surface area contributed by atoms with Crippen LogP contribution in [-0.2, 0) is 4.74 Å². The van der Waals surface area contributed by atoms with E-state index in [1.54, 1.807) is 19.2 Å². The molecule has 0 unspecified atom stereocenters. The van der Waals surface area contributed by atoms with Crippen molar-refractivity contribution in [3.63, 3.8) is 0 Å². The van der Waals surface area contributed by atoms with Gasteiger partial charge in [-0.25, -0.2) is 4.79 Å². The van der Waals surface area contributed by atoms with Crippen LogP contribution in [0.1, 0.15) is 11.6 Å². The lowest BCUT2D eigenvalue weighted by molar-refractivity contribution is 0.0829. The molecule has 2 rings (SSSR count). The van der Waals surface area contributed by atoms with Gasteiger partial charge in [-0.2, -0.15) is 0 Å². The lowest BCUT2D eigenvalue weighted by atomic mass is 10.0. The van der Waals surface area contributed by atoms with E-state index in [0.717, 1.165) is 11.3 Å². The fourth-order valence-electron chi connectivity index (χ4n) is 1.71. The summed E-state index contributed by atoms with van der Waals surface area (Å²) in [6.07, 6.45) is -1.03. The number of nitrogens with one attached hydrogen (secondary N) is 1. The van der Waals surface area contributed by atoms with Crippen molar-refractivity contribution >= 4 is 6.09 Å². The van der Waals surface area contributed by atoms with E-state index >= 15 is 0 Å². The predicted molar refractivity (Wildman–Crippen MR) is 56.2 cm³/mol. The molecule has 1 amide bonds. The van der Waals surface area contributed by atoms with E-state index in [1.165, 1.54) is 0 Å². The molecule has 86 valence electrons. The molecule has 0 bridgehead atoms. The van der Waals surface area contributed by atoms with Gasteiger partial charge >= 0.3 is 6.09 Å².